The van der Waals surface area contributed by atoms with Crippen molar-refractivity contribution in [1.29, 1.82) is 0 Å². The van der Waals surface area contributed by atoms with E-state index in [1.54, 1.807) is 0 Å². The topological polar surface area (TPSA) is 38.8 Å². The van der Waals surface area contributed by atoms with Gasteiger partial charge in [0.1, 0.15) is 6.61 Å². The maximum Gasteiger partial charge on any atom is 0.302 e. The standard InChI is InChI=1S/C14H19NO3/c1-10(16)18-9-13-11-2-3-12(8-11)14(13)15-4-6-17-7-5-15/h2-3,11-12H,4-9H2,1H3/t11-,12+/m1/s1. The predicted octanol–water partition coefficient (Wildman–Crippen LogP) is 1.34. The van der Waals surface area contributed by atoms with E-state index in [0.29, 0.717) is 18.4 Å². The van der Waals surface area contributed by atoms with E-state index in [1.165, 1.54) is 18.2 Å². The third kappa shape index (κ3) is 2.05. The van der Waals surface area contributed by atoms with Gasteiger partial charge in [-0.2, -0.15) is 0 Å². The highest BCUT2D eigenvalue weighted by Crippen LogP contribution is 2.45. The molecule has 2 bridgehead atoms. The van der Waals surface area contributed by atoms with Crippen molar-refractivity contribution in [1.82, 2.24) is 4.90 Å². The van der Waals surface area contributed by atoms with Crippen LogP contribution in [-0.4, -0.2) is 43.8 Å². The highest BCUT2D eigenvalue weighted by atomic mass is 16.5. The first-order valence-corrected chi connectivity index (χ1v) is 6.63. The van der Waals surface area contributed by atoms with Gasteiger partial charge in [0, 0.05) is 37.5 Å². The number of carbonyl (C=O) groups excluding carboxylic acids is 1. The fourth-order valence-electron chi connectivity index (χ4n) is 3.19. The van der Waals surface area contributed by atoms with E-state index in [2.05, 4.69) is 17.1 Å². The molecule has 0 aromatic rings. The van der Waals surface area contributed by atoms with Crippen LogP contribution in [0.5, 0.6) is 0 Å². The van der Waals surface area contributed by atoms with E-state index in [1.807, 2.05) is 0 Å². The van der Waals surface area contributed by atoms with Gasteiger partial charge in [0.2, 0.25) is 0 Å². The summed E-state index contributed by atoms with van der Waals surface area (Å²) in [6.45, 7) is 5.42. The van der Waals surface area contributed by atoms with Gasteiger partial charge in [-0.3, -0.25) is 4.79 Å². The van der Waals surface area contributed by atoms with Crippen LogP contribution in [0.3, 0.4) is 0 Å². The fourth-order valence-corrected chi connectivity index (χ4v) is 3.19. The molecule has 4 heteroatoms. The Hall–Kier alpha value is -1.29. The zero-order chi connectivity index (χ0) is 12.5. The van der Waals surface area contributed by atoms with E-state index >= 15 is 0 Å². The Morgan fingerprint density at radius 2 is 2.11 bits per heavy atom. The third-order valence-corrected chi connectivity index (χ3v) is 3.99. The zero-order valence-electron chi connectivity index (χ0n) is 10.7. The van der Waals surface area contributed by atoms with Crippen LogP contribution in [0.15, 0.2) is 23.4 Å². The molecule has 18 heavy (non-hydrogen) atoms. The Bertz CT molecular complexity index is 407. The van der Waals surface area contributed by atoms with Crippen LogP contribution in [0.25, 0.3) is 0 Å². The van der Waals surface area contributed by atoms with Crippen molar-refractivity contribution >= 4 is 5.97 Å². The summed E-state index contributed by atoms with van der Waals surface area (Å²) in [5.41, 5.74) is 2.70. The van der Waals surface area contributed by atoms with E-state index < -0.39 is 0 Å². The molecular weight excluding hydrogens is 230 g/mol. The summed E-state index contributed by atoms with van der Waals surface area (Å²) in [5.74, 6) is 0.807. The van der Waals surface area contributed by atoms with Crippen molar-refractivity contribution in [3.8, 4) is 0 Å². The average molecular weight is 249 g/mol. The molecule has 2 atom stereocenters. The summed E-state index contributed by atoms with van der Waals surface area (Å²) < 4.78 is 10.6. The SMILES string of the molecule is CC(=O)OCC1=C(N2CCOCC2)[C@H]2C=C[C@@H]1C2. The second-order valence-electron chi connectivity index (χ2n) is 5.12. The molecule has 2 aliphatic carbocycles. The highest BCUT2D eigenvalue weighted by Gasteiger charge is 2.38. The van der Waals surface area contributed by atoms with Gasteiger partial charge in [-0.1, -0.05) is 12.2 Å². The number of hydrogen-bond acceptors (Lipinski definition) is 4. The number of hydrogen-bond donors (Lipinski definition) is 0. The molecule has 0 N–H and O–H groups in total. The summed E-state index contributed by atoms with van der Waals surface area (Å²) in [6, 6.07) is 0. The molecular formula is C14H19NO3. The predicted molar refractivity (Wildman–Crippen MR) is 66.8 cm³/mol. The maximum atomic E-state index is 11.0. The van der Waals surface area contributed by atoms with Gasteiger partial charge in [0.25, 0.3) is 0 Å². The van der Waals surface area contributed by atoms with E-state index in [9.17, 15) is 4.79 Å². The molecule has 0 unspecified atom stereocenters. The lowest BCUT2D eigenvalue weighted by Gasteiger charge is -2.34. The van der Waals surface area contributed by atoms with Crippen molar-refractivity contribution < 1.29 is 14.3 Å². The smallest absolute Gasteiger partial charge is 0.302 e. The van der Waals surface area contributed by atoms with Gasteiger partial charge >= 0.3 is 5.97 Å². The summed E-state index contributed by atoms with van der Waals surface area (Å²) in [4.78, 5) is 13.4. The lowest BCUT2D eigenvalue weighted by atomic mass is 10.0. The normalized spacial score (nSPS) is 30.2. The number of rotatable bonds is 3. The molecule has 1 heterocycles. The van der Waals surface area contributed by atoms with Gasteiger partial charge in [-0.15, -0.1) is 0 Å². The van der Waals surface area contributed by atoms with Crippen molar-refractivity contribution in [2.75, 3.05) is 32.9 Å². The Balaban J connectivity index is 1.79. The fraction of sp³-hybridized carbons (Fsp3) is 0.643. The Labute approximate surface area is 107 Å². The number of fused-ring (bicyclic) bond motifs is 2. The van der Waals surface area contributed by atoms with Crippen LogP contribution in [0.1, 0.15) is 13.3 Å². The average Bonchev–Trinajstić information content (AvgIpc) is 2.97. The van der Waals surface area contributed by atoms with Crippen LogP contribution in [0.2, 0.25) is 0 Å². The molecule has 3 rings (SSSR count). The van der Waals surface area contributed by atoms with Crippen molar-refractivity contribution in [3.05, 3.63) is 23.4 Å². The van der Waals surface area contributed by atoms with Gasteiger partial charge in [-0.05, 0) is 12.0 Å². The van der Waals surface area contributed by atoms with E-state index in [-0.39, 0.29) is 5.97 Å². The Morgan fingerprint density at radius 1 is 1.39 bits per heavy atom. The van der Waals surface area contributed by atoms with Crippen LogP contribution < -0.4 is 0 Å². The molecule has 0 spiro atoms. The van der Waals surface area contributed by atoms with Crippen LogP contribution in [0, 0.1) is 11.8 Å². The van der Waals surface area contributed by atoms with Crippen LogP contribution in [0.4, 0.5) is 0 Å². The van der Waals surface area contributed by atoms with Crippen LogP contribution >= 0.6 is 0 Å². The quantitative estimate of drug-likeness (QED) is 0.559. The van der Waals surface area contributed by atoms with Gasteiger partial charge in [-0.25, -0.2) is 0 Å². The number of ether oxygens (including phenoxy) is 2. The molecule has 0 saturated carbocycles. The minimum atomic E-state index is -0.199. The van der Waals surface area contributed by atoms with Crippen molar-refractivity contribution in [2.45, 2.75) is 13.3 Å². The van der Waals surface area contributed by atoms with Gasteiger partial charge in [0.15, 0.2) is 0 Å². The first kappa shape index (κ1) is 11.8. The first-order chi connectivity index (χ1) is 8.75. The summed E-state index contributed by atoms with van der Waals surface area (Å²) in [5, 5.41) is 0. The monoisotopic (exact) mass is 249 g/mol. The number of allylic oxidation sites excluding steroid dienone is 2. The zero-order valence-corrected chi connectivity index (χ0v) is 10.7. The molecule has 0 aromatic heterocycles. The van der Waals surface area contributed by atoms with Crippen LogP contribution in [-0.2, 0) is 14.3 Å². The van der Waals surface area contributed by atoms with Gasteiger partial charge < -0.3 is 14.4 Å². The molecule has 1 fully saturated rings. The number of nitrogens with zero attached hydrogens (tertiary/aromatic N) is 1. The lowest BCUT2D eigenvalue weighted by Crippen LogP contribution is -2.37. The number of esters is 1. The van der Waals surface area contributed by atoms with Gasteiger partial charge in [0.05, 0.1) is 13.2 Å². The first-order valence-electron chi connectivity index (χ1n) is 6.63. The second-order valence-corrected chi connectivity index (χ2v) is 5.12. The molecule has 4 nitrogen and oxygen atoms in total. The summed E-state index contributed by atoms with van der Waals surface area (Å²) in [7, 11) is 0. The van der Waals surface area contributed by atoms with E-state index in [4.69, 9.17) is 9.47 Å². The highest BCUT2D eigenvalue weighted by molar-refractivity contribution is 5.66. The number of morpholine rings is 1. The summed E-state index contributed by atoms with van der Waals surface area (Å²) >= 11 is 0. The molecule has 0 aromatic carbocycles. The van der Waals surface area contributed by atoms with E-state index in [0.717, 1.165) is 32.7 Å². The Morgan fingerprint density at radius 3 is 2.83 bits per heavy atom. The molecule has 98 valence electrons. The lowest BCUT2D eigenvalue weighted by molar-refractivity contribution is -0.140. The largest absolute Gasteiger partial charge is 0.461 e. The minimum Gasteiger partial charge on any atom is -0.461 e. The summed E-state index contributed by atoms with van der Waals surface area (Å²) in [6.07, 6.45) is 5.71. The number of carbonyl (C=O) groups is 1. The maximum absolute atomic E-state index is 11.0. The molecule has 1 aliphatic heterocycles. The molecule has 1 saturated heterocycles. The second kappa shape index (κ2) is 4.76. The van der Waals surface area contributed by atoms with Crippen molar-refractivity contribution in [2.24, 2.45) is 11.8 Å². The minimum absolute atomic E-state index is 0.199. The molecule has 3 aliphatic rings. The third-order valence-electron chi connectivity index (χ3n) is 3.99. The molecule has 0 amide bonds. The van der Waals surface area contributed by atoms with Crippen molar-refractivity contribution in [3.63, 3.8) is 0 Å². The Kier molecular flexibility index (Phi) is 3.12. The molecule has 0 radical (unpaired) electrons.